The second-order valence-corrected chi connectivity index (χ2v) is 8.24. The zero-order valence-corrected chi connectivity index (χ0v) is 16.9. The van der Waals surface area contributed by atoms with Gasteiger partial charge in [0.25, 0.3) is 5.91 Å². The maximum Gasteiger partial charge on any atom is 0.416 e. The lowest BCUT2D eigenvalue weighted by Gasteiger charge is -2.33. The number of hydrogen-bond acceptors (Lipinski definition) is 3. The number of nitrogens with zero attached hydrogens (tertiary/aromatic N) is 1. The lowest BCUT2D eigenvalue weighted by atomic mass is 10.1. The van der Waals surface area contributed by atoms with E-state index in [1.54, 1.807) is 12.1 Å². The fraction of sp³-hybridized carbons (Fsp3) is 0.350. The molecule has 2 aromatic rings. The number of alkyl halides is 3. The molecule has 2 aromatic carbocycles. The minimum Gasteiger partial charge on any atom is -1.00 e. The summed E-state index contributed by atoms with van der Waals surface area (Å²) in [6.07, 6.45) is -3.37. The molecule has 0 aromatic heterocycles. The first-order chi connectivity index (χ1) is 13.3. The van der Waals surface area contributed by atoms with Gasteiger partial charge in [-0.15, -0.1) is 0 Å². The van der Waals surface area contributed by atoms with Crippen molar-refractivity contribution in [3.05, 3.63) is 48.0 Å². The van der Waals surface area contributed by atoms with Gasteiger partial charge in [-0.25, -0.2) is 0 Å². The fourth-order valence-electron chi connectivity index (χ4n) is 3.78. The van der Waals surface area contributed by atoms with E-state index in [2.05, 4.69) is 0 Å². The van der Waals surface area contributed by atoms with Crippen molar-refractivity contribution in [3.63, 3.8) is 0 Å². The molecule has 2 aliphatic rings. The van der Waals surface area contributed by atoms with E-state index in [1.165, 1.54) is 22.7 Å². The van der Waals surface area contributed by atoms with E-state index >= 15 is 0 Å². The van der Waals surface area contributed by atoms with Gasteiger partial charge in [-0.1, -0.05) is 23.9 Å². The number of fused-ring (bicyclic) bond motifs is 2. The highest BCUT2D eigenvalue weighted by molar-refractivity contribution is 7.99. The highest BCUT2D eigenvalue weighted by Gasteiger charge is 2.36. The topological polar surface area (TPSA) is 45.0 Å². The Bertz CT molecular complexity index is 910. The summed E-state index contributed by atoms with van der Waals surface area (Å²) in [4.78, 5) is 17.0. The van der Waals surface area contributed by atoms with Crippen LogP contribution in [0.1, 0.15) is 18.4 Å². The third-order valence-electron chi connectivity index (χ3n) is 5.10. The van der Waals surface area contributed by atoms with Crippen LogP contribution in [0.2, 0.25) is 0 Å². The molecule has 2 unspecified atom stereocenters. The first-order valence-corrected chi connectivity index (χ1v) is 9.97. The van der Waals surface area contributed by atoms with Crippen LogP contribution in [0, 0.1) is 0 Å². The molecule has 1 saturated heterocycles. The SMILES string of the molecule is O=C(C[NH+]1CCCC(O)C1)N1c2ccccc2Sc2ccc(C(F)(F)F)cc21.[Cl-]. The molecule has 0 bridgehead atoms. The molecule has 1 amide bonds. The van der Waals surface area contributed by atoms with Crippen LogP contribution in [0.25, 0.3) is 0 Å². The monoisotopic (exact) mass is 444 g/mol. The van der Waals surface area contributed by atoms with Gasteiger partial charge in [0.15, 0.2) is 6.54 Å². The van der Waals surface area contributed by atoms with Crippen molar-refractivity contribution in [1.82, 2.24) is 0 Å². The lowest BCUT2D eigenvalue weighted by Crippen LogP contribution is -3.15. The number of para-hydroxylation sites is 1. The van der Waals surface area contributed by atoms with Crippen molar-refractivity contribution in [3.8, 4) is 0 Å². The van der Waals surface area contributed by atoms with Gasteiger partial charge in [0.1, 0.15) is 12.6 Å². The number of benzene rings is 2. The van der Waals surface area contributed by atoms with E-state index in [-0.39, 0.29) is 30.5 Å². The molecule has 156 valence electrons. The van der Waals surface area contributed by atoms with Crippen LogP contribution in [-0.4, -0.2) is 36.8 Å². The number of anilines is 2. The van der Waals surface area contributed by atoms with E-state index in [0.717, 1.165) is 41.3 Å². The van der Waals surface area contributed by atoms with Crippen molar-refractivity contribution < 1.29 is 40.4 Å². The predicted octanol–water partition coefficient (Wildman–Crippen LogP) is -0.122. The quantitative estimate of drug-likeness (QED) is 0.679. The largest absolute Gasteiger partial charge is 1.00 e. The van der Waals surface area contributed by atoms with E-state index in [1.807, 2.05) is 12.1 Å². The van der Waals surface area contributed by atoms with Crippen molar-refractivity contribution in [1.29, 1.82) is 0 Å². The number of likely N-dealkylation sites (tertiary alicyclic amines) is 1. The number of amides is 1. The number of hydrogen-bond donors (Lipinski definition) is 2. The number of nitrogens with one attached hydrogen (secondary N) is 1. The van der Waals surface area contributed by atoms with Crippen molar-refractivity contribution in [2.45, 2.75) is 34.9 Å². The number of carbonyl (C=O) groups excluding carboxylic acids is 1. The second kappa shape index (κ2) is 8.55. The van der Waals surface area contributed by atoms with E-state index in [9.17, 15) is 23.1 Å². The smallest absolute Gasteiger partial charge is 0.416 e. The van der Waals surface area contributed by atoms with Crippen LogP contribution in [0.15, 0.2) is 52.3 Å². The predicted molar refractivity (Wildman–Crippen MR) is 100.0 cm³/mol. The van der Waals surface area contributed by atoms with Gasteiger partial charge in [-0.3, -0.25) is 9.69 Å². The van der Waals surface area contributed by atoms with Crippen LogP contribution < -0.4 is 22.2 Å². The number of aliphatic hydroxyl groups is 1. The Hall–Kier alpha value is -1.74. The maximum atomic E-state index is 13.3. The highest BCUT2D eigenvalue weighted by Crippen LogP contribution is 2.49. The van der Waals surface area contributed by atoms with E-state index in [0.29, 0.717) is 17.1 Å². The molecule has 1 fully saturated rings. The number of halogens is 4. The normalized spacial score (nSPS) is 21.0. The average Bonchev–Trinajstić information content (AvgIpc) is 2.64. The molecule has 29 heavy (non-hydrogen) atoms. The second-order valence-electron chi connectivity index (χ2n) is 7.16. The molecule has 4 nitrogen and oxygen atoms in total. The molecule has 2 N–H and O–H groups in total. The van der Waals surface area contributed by atoms with Crippen LogP contribution >= 0.6 is 11.8 Å². The summed E-state index contributed by atoms with van der Waals surface area (Å²) in [5.74, 6) is -0.266. The van der Waals surface area contributed by atoms with Crippen LogP contribution in [-0.2, 0) is 11.0 Å². The van der Waals surface area contributed by atoms with Gasteiger partial charge in [-0.05, 0) is 43.2 Å². The number of quaternary nitrogens is 1. The molecule has 2 atom stereocenters. The van der Waals surface area contributed by atoms with Gasteiger partial charge < -0.3 is 22.4 Å². The minimum atomic E-state index is -4.48. The summed E-state index contributed by atoms with van der Waals surface area (Å²) in [7, 11) is 0. The van der Waals surface area contributed by atoms with Crippen molar-refractivity contribution in [2.24, 2.45) is 0 Å². The Morgan fingerprint density at radius 1 is 1.17 bits per heavy atom. The van der Waals surface area contributed by atoms with Gasteiger partial charge in [0.2, 0.25) is 0 Å². The number of rotatable bonds is 2. The summed E-state index contributed by atoms with van der Waals surface area (Å²) in [5.41, 5.74) is 0.0894. The fourth-order valence-corrected chi connectivity index (χ4v) is 4.82. The third kappa shape index (κ3) is 4.55. The summed E-state index contributed by atoms with van der Waals surface area (Å²) in [6.45, 7) is 1.37. The molecule has 0 saturated carbocycles. The number of piperidine rings is 1. The molecular formula is C20H20ClF3N2O2S. The average molecular weight is 445 g/mol. The summed E-state index contributed by atoms with van der Waals surface area (Å²) in [6, 6.07) is 10.8. The number of carbonyl (C=O) groups is 1. The Labute approximate surface area is 177 Å². The van der Waals surface area contributed by atoms with Gasteiger partial charge >= 0.3 is 6.18 Å². The molecule has 9 heteroatoms. The Morgan fingerprint density at radius 2 is 1.90 bits per heavy atom. The van der Waals surface area contributed by atoms with E-state index < -0.39 is 17.8 Å². The van der Waals surface area contributed by atoms with Crippen molar-refractivity contribution in [2.75, 3.05) is 24.5 Å². The lowest BCUT2D eigenvalue weighted by molar-refractivity contribution is -0.900. The zero-order valence-electron chi connectivity index (χ0n) is 15.4. The molecule has 0 radical (unpaired) electrons. The van der Waals surface area contributed by atoms with E-state index in [4.69, 9.17) is 0 Å². The summed E-state index contributed by atoms with van der Waals surface area (Å²) in [5, 5.41) is 9.87. The Morgan fingerprint density at radius 3 is 2.62 bits per heavy atom. The minimum absolute atomic E-state index is 0. The molecule has 0 spiro atoms. The van der Waals surface area contributed by atoms with Crippen LogP contribution in [0.4, 0.5) is 24.5 Å². The Balaban J connectivity index is 0.00000240. The van der Waals surface area contributed by atoms with Gasteiger partial charge in [0.05, 0.1) is 23.5 Å². The van der Waals surface area contributed by atoms with Crippen LogP contribution in [0.5, 0.6) is 0 Å². The summed E-state index contributed by atoms with van der Waals surface area (Å²) >= 11 is 1.36. The molecular weight excluding hydrogens is 425 g/mol. The first kappa shape index (κ1) is 22.0. The Kier molecular flexibility index (Phi) is 6.48. The van der Waals surface area contributed by atoms with Crippen molar-refractivity contribution >= 4 is 29.0 Å². The first-order valence-electron chi connectivity index (χ1n) is 9.15. The molecule has 2 aliphatic heterocycles. The van der Waals surface area contributed by atoms with Gasteiger partial charge in [-0.2, -0.15) is 13.2 Å². The molecule has 2 heterocycles. The number of aliphatic hydroxyl groups excluding tert-OH is 1. The zero-order chi connectivity index (χ0) is 19.9. The molecule has 4 rings (SSSR count). The van der Waals surface area contributed by atoms with Gasteiger partial charge in [0, 0.05) is 9.79 Å². The van der Waals surface area contributed by atoms with Crippen LogP contribution in [0.3, 0.4) is 0 Å². The third-order valence-corrected chi connectivity index (χ3v) is 6.23. The highest BCUT2D eigenvalue weighted by atomic mass is 35.5. The molecule has 0 aliphatic carbocycles. The standard InChI is InChI=1S/C20H19F3N2O2S.ClH/c21-20(22,23)13-7-8-18-16(10-13)25(15-5-1-2-6-17(15)28-18)19(27)12-24-9-3-4-14(26)11-24;/h1-2,5-8,10,14,26H,3-4,9,11-12H2;1H. The summed E-state index contributed by atoms with van der Waals surface area (Å²) < 4.78 is 39.8. The maximum absolute atomic E-state index is 13.3.